The topological polar surface area (TPSA) is 6.48 Å². The third-order valence-electron chi connectivity index (χ3n) is 10.8. The van der Waals surface area contributed by atoms with Gasteiger partial charge in [-0.1, -0.05) is 153 Å². The van der Waals surface area contributed by atoms with Crippen LogP contribution in [0.1, 0.15) is 75.7 Å². The summed E-state index contributed by atoms with van der Waals surface area (Å²) in [7, 11) is 0. The maximum atomic E-state index is 4.80. The van der Waals surface area contributed by atoms with Crippen molar-refractivity contribution in [2.24, 2.45) is 5.92 Å². The fraction of sp³-hybridized carbons (Fsp3) is 0.280. The summed E-state index contributed by atoms with van der Waals surface area (Å²) in [6.45, 7) is 17.8. The SMILES string of the molecule is C=C/C=C1/CCC=C/C1=C\N(C(=C)CCC(=C)N(C1=CCC(c2ccccc2)C=C1)C1CC=CC2=C1C=CCC2)C(C=C)C/C=C/C1C=CC=CC1. The maximum Gasteiger partial charge on any atom is 0.0625 e. The number of hydrogen-bond acceptors (Lipinski definition) is 2. The van der Waals surface area contributed by atoms with Crippen LogP contribution in [0.4, 0.5) is 0 Å². The molecule has 2 heteroatoms. The molecular formula is C50H56N2. The molecule has 52 heavy (non-hydrogen) atoms. The van der Waals surface area contributed by atoms with Crippen LogP contribution in [-0.2, 0) is 0 Å². The zero-order valence-electron chi connectivity index (χ0n) is 31.0. The molecule has 0 amide bonds. The minimum atomic E-state index is 0.0755. The predicted octanol–water partition coefficient (Wildman–Crippen LogP) is 13.0. The van der Waals surface area contributed by atoms with Crippen LogP contribution in [0.5, 0.6) is 0 Å². The van der Waals surface area contributed by atoms with Crippen LogP contribution >= 0.6 is 0 Å². The molecule has 0 heterocycles. The first kappa shape index (κ1) is 36.7. The summed E-state index contributed by atoms with van der Waals surface area (Å²) in [4.78, 5) is 4.91. The van der Waals surface area contributed by atoms with Gasteiger partial charge in [-0.15, -0.1) is 6.58 Å². The molecule has 0 saturated carbocycles. The van der Waals surface area contributed by atoms with Gasteiger partial charge < -0.3 is 9.80 Å². The van der Waals surface area contributed by atoms with E-state index in [0.717, 1.165) is 75.6 Å². The van der Waals surface area contributed by atoms with Crippen molar-refractivity contribution < 1.29 is 0 Å². The summed E-state index contributed by atoms with van der Waals surface area (Å²) in [5.74, 6) is 0.833. The summed E-state index contributed by atoms with van der Waals surface area (Å²) < 4.78 is 0. The minimum Gasteiger partial charge on any atom is -0.344 e. The molecule has 1 aromatic rings. The molecule has 5 aliphatic rings. The molecule has 0 bridgehead atoms. The van der Waals surface area contributed by atoms with Gasteiger partial charge >= 0.3 is 0 Å². The smallest absolute Gasteiger partial charge is 0.0625 e. The highest BCUT2D eigenvalue weighted by Gasteiger charge is 2.30. The molecule has 0 aliphatic heterocycles. The Kier molecular flexibility index (Phi) is 13.0. The number of benzene rings is 1. The van der Waals surface area contributed by atoms with Gasteiger partial charge in [-0.25, -0.2) is 0 Å². The molecular weight excluding hydrogens is 629 g/mol. The minimum absolute atomic E-state index is 0.0755. The third kappa shape index (κ3) is 9.22. The van der Waals surface area contributed by atoms with E-state index in [9.17, 15) is 0 Å². The lowest BCUT2D eigenvalue weighted by atomic mass is 9.84. The van der Waals surface area contributed by atoms with Gasteiger partial charge in [-0.05, 0) is 104 Å². The zero-order chi connectivity index (χ0) is 36.1. The third-order valence-corrected chi connectivity index (χ3v) is 10.8. The van der Waals surface area contributed by atoms with Crippen LogP contribution in [0.25, 0.3) is 0 Å². The fourth-order valence-electron chi connectivity index (χ4n) is 7.95. The van der Waals surface area contributed by atoms with Crippen molar-refractivity contribution in [3.8, 4) is 0 Å². The highest BCUT2D eigenvalue weighted by Crippen LogP contribution is 2.38. The fourth-order valence-corrected chi connectivity index (χ4v) is 7.95. The van der Waals surface area contributed by atoms with Gasteiger partial charge in [0.25, 0.3) is 0 Å². The van der Waals surface area contributed by atoms with E-state index in [-0.39, 0.29) is 12.1 Å². The van der Waals surface area contributed by atoms with Crippen molar-refractivity contribution in [3.63, 3.8) is 0 Å². The van der Waals surface area contributed by atoms with E-state index in [1.54, 1.807) is 0 Å². The van der Waals surface area contributed by atoms with E-state index in [1.165, 1.54) is 33.6 Å². The van der Waals surface area contributed by atoms with Gasteiger partial charge in [-0.2, -0.15) is 0 Å². The van der Waals surface area contributed by atoms with Crippen molar-refractivity contribution in [3.05, 3.63) is 217 Å². The number of nitrogens with zero attached hydrogens (tertiary/aromatic N) is 2. The largest absolute Gasteiger partial charge is 0.344 e. The average Bonchev–Trinajstić information content (AvgIpc) is 3.20. The van der Waals surface area contributed by atoms with Crippen molar-refractivity contribution >= 4 is 0 Å². The summed E-state index contributed by atoms with van der Waals surface area (Å²) >= 11 is 0. The summed E-state index contributed by atoms with van der Waals surface area (Å²) in [5.41, 5.74) is 10.2. The summed E-state index contributed by atoms with van der Waals surface area (Å²) in [6.07, 6.45) is 52.7. The molecule has 0 fully saturated rings. The number of rotatable bonds is 15. The van der Waals surface area contributed by atoms with E-state index < -0.39 is 0 Å². The van der Waals surface area contributed by atoms with Gasteiger partial charge in [-0.3, -0.25) is 0 Å². The van der Waals surface area contributed by atoms with Crippen LogP contribution in [0, 0.1) is 5.92 Å². The predicted molar refractivity (Wildman–Crippen MR) is 224 cm³/mol. The standard InChI is InChI=1S/C50H56N2/c1-5-19-42-25-13-14-27-46(42)38-51(47(6-2)29-17-22-41-20-9-7-10-21-41)39(3)32-33-40(4)52(50-31-18-28-45-26-15-16-30-49(45)50)48-36-34-44(35-37-48)43-23-11-8-12-24-43/h5-12,14,16-20,22-24,27-28,30,34,36-38,41,44,47,50H,1-4,13,15,21,25-26,29,31-33,35H2/b22-17+,42-19-,46-38+. The lowest BCUT2D eigenvalue weighted by Crippen LogP contribution is -2.37. The molecule has 0 spiro atoms. The molecule has 2 nitrogen and oxygen atoms in total. The van der Waals surface area contributed by atoms with E-state index in [4.69, 9.17) is 13.2 Å². The molecule has 6 rings (SSSR count). The van der Waals surface area contributed by atoms with Gasteiger partial charge in [0.05, 0.1) is 12.1 Å². The Morgan fingerprint density at radius 1 is 0.827 bits per heavy atom. The Morgan fingerprint density at radius 2 is 1.65 bits per heavy atom. The Hall–Kier alpha value is -5.08. The first-order valence-electron chi connectivity index (χ1n) is 19.3. The van der Waals surface area contributed by atoms with Gasteiger partial charge in [0.15, 0.2) is 0 Å². The Balaban J connectivity index is 1.24. The van der Waals surface area contributed by atoms with E-state index in [1.807, 2.05) is 6.08 Å². The Labute approximate surface area is 314 Å². The Morgan fingerprint density at radius 3 is 2.42 bits per heavy atom. The number of allylic oxidation sites excluding steroid dienone is 19. The molecule has 4 atom stereocenters. The molecule has 4 unspecified atom stereocenters. The molecule has 5 aliphatic carbocycles. The lowest BCUT2D eigenvalue weighted by molar-refractivity contribution is 0.335. The molecule has 266 valence electrons. The first-order chi connectivity index (χ1) is 25.6. The zero-order valence-corrected chi connectivity index (χ0v) is 31.0. The molecule has 0 N–H and O–H groups in total. The highest BCUT2D eigenvalue weighted by molar-refractivity contribution is 5.47. The second kappa shape index (κ2) is 18.4. The van der Waals surface area contributed by atoms with E-state index in [2.05, 4.69) is 163 Å². The molecule has 0 radical (unpaired) electrons. The molecule has 1 aromatic carbocycles. The van der Waals surface area contributed by atoms with Gasteiger partial charge in [0.1, 0.15) is 0 Å². The highest BCUT2D eigenvalue weighted by atomic mass is 15.2. The second-order valence-corrected chi connectivity index (χ2v) is 14.4. The first-order valence-corrected chi connectivity index (χ1v) is 19.3. The average molecular weight is 685 g/mol. The molecule has 0 saturated heterocycles. The van der Waals surface area contributed by atoms with Crippen molar-refractivity contribution in [2.45, 2.75) is 82.2 Å². The van der Waals surface area contributed by atoms with Crippen molar-refractivity contribution in [1.82, 2.24) is 9.80 Å². The quantitative estimate of drug-likeness (QED) is 0.170. The maximum absolute atomic E-state index is 4.80. The van der Waals surface area contributed by atoms with E-state index in [0.29, 0.717) is 11.8 Å². The van der Waals surface area contributed by atoms with Crippen LogP contribution in [0.3, 0.4) is 0 Å². The van der Waals surface area contributed by atoms with Crippen molar-refractivity contribution in [1.29, 1.82) is 0 Å². The van der Waals surface area contributed by atoms with Crippen molar-refractivity contribution in [2.75, 3.05) is 0 Å². The monoisotopic (exact) mass is 684 g/mol. The normalized spacial score (nSPS) is 24.2. The van der Waals surface area contributed by atoms with Crippen LogP contribution in [-0.4, -0.2) is 21.9 Å². The number of hydrogen-bond donors (Lipinski definition) is 0. The second-order valence-electron chi connectivity index (χ2n) is 14.4. The van der Waals surface area contributed by atoms with Crippen LogP contribution in [0.2, 0.25) is 0 Å². The van der Waals surface area contributed by atoms with Gasteiger partial charge in [0.2, 0.25) is 0 Å². The molecule has 0 aromatic heterocycles. The Bertz CT molecular complexity index is 1820. The van der Waals surface area contributed by atoms with Gasteiger partial charge in [0, 0.05) is 29.2 Å². The summed E-state index contributed by atoms with van der Waals surface area (Å²) in [6, 6.07) is 11.2. The lowest BCUT2D eigenvalue weighted by Gasteiger charge is -2.40. The van der Waals surface area contributed by atoms with E-state index >= 15 is 0 Å². The van der Waals surface area contributed by atoms with Crippen LogP contribution < -0.4 is 0 Å². The van der Waals surface area contributed by atoms with Crippen LogP contribution in [0.15, 0.2) is 212 Å². The summed E-state index contributed by atoms with van der Waals surface area (Å²) in [5, 5.41) is 0.